The molecule has 1 aliphatic heterocycles. The van der Waals surface area contributed by atoms with E-state index in [4.69, 9.17) is 16.3 Å². The largest absolute Gasteiger partial charge is 0.444 e. The Morgan fingerprint density at radius 3 is 2.84 bits per heavy atom. The summed E-state index contributed by atoms with van der Waals surface area (Å²) in [6, 6.07) is -0.473. The summed E-state index contributed by atoms with van der Waals surface area (Å²) in [5.41, 5.74) is 0.112. The van der Waals surface area contributed by atoms with Crippen LogP contribution in [0, 0.1) is 11.8 Å². The van der Waals surface area contributed by atoms with Crippen molar-refractivity contribution in [2.75, 3.05) is 25.0 Å². The zero-order valence-electron chi connectivity index (χ0n) is 18.8. The molecule has 1 aromatic rings. The van der Waals surface area contributed by atoms with Crippen LogP contribution in [-0.4, -0.2) is 58.1 Å². The van der Waals surface area contributed by atoms with Crippen LogP contribution >= 0.6 is 11.6 Å². The summed E-state index contributed by atoms with van der Waals surface area (Å²) in [5.74, 6) is 6.63. The number of carbonyl (C=O) groups is 2. The Morgan fingerprint density at radius 1 is 1.35 bits per heavy atom. The Bertz CT molecular complexity index is 829. The van der Waals surface area contributed by atoms with Crippen LogP contribution in [0.15, 0.2) is 6.20 Å². The fourth-order valence-corrected chi connectivity index (χ4v) is 3.21. The van der Waals surface area contributed by atoms with Gasteiger partial charge >= 0.3 is 6.09 Å². The van der Waals surface area contributed by atoms with E-state index in [1.165, 1.54) is 4.90 Å². The molecule has 0 spiro atoms. The molecule has 2 N–H and O–H groups in total. The van der Waals surface area contributed by atoms with Crippen LogP contribution in [0.3, 0.4) is 0 Å². The first-order valence-corrected chi connectivity index (χ1v) is 11.1. The SMILES string of the molecule is CCCNc1nc(Cl)ncc1C#CCCCNC(=O)[C@@H]1CCCN1C(=O)OC(C)(C)C. The molecule has 9 heteroatoms. The summed E-state index contributed by atoms with van der Waals surface area (Å²) >= 11 is 5.86. The first-order valence-electron chi connectivity index (χ1n) is 10.7. The van der Waals surface area contributed by atoms with Gasteiger partial charge in [0.05, 0.1) is 5.56 Å². The summed E-state index contributed by atoms with van der Waals surface area (Å²) in [6.45, 7) is 9.31. The van der Waals surface area contributed by atoms with Gasteiger partial charge in [0.25, 0.3) is 0 Å². The number of nitrogens with one attached hydrogen (secondary N) is 2. The summed E-state index contributed by atoms with van der Waals surface area (Å²) in [6.07, 6.45) is 4.87. The van der Waals surface area contributed by atoms with E-state index >= 15 is 0 Å². The van der Waals surface area contributed by atoms with Crippen LogP contribution < -0.4 is 10.6 Å². The number of halogens is 1. The molecule has 1 fully saturated rings. The molecule has 0 unspecified atom stereocenters. The number of aromatic nitrogens is 2. The minimum Gasteiger partial charge on any atom is -0.444 e. The number of nitrogens with zero attached hydrogens (tertiary/aromatic N) is 3. The van der Waals surface area contributed by atoms with E-state index in [-0.39, 0.29) is 11.2 Å². The molecule has 0 radical (unpaired) electrons. The number of likely N-dealkylation sites (tertiary alicyclic amines) is 1. The predicted octanol–water partition coefficient (Wildman–Crippen LogP) is 3.60. The van der Waals surface area contributed by atoms with E-state index < -0.39 is 17.7 Å². The van der Waals surface area contributed by atoms with Crippen LogP contribution in [0.25, 0.3) is 0 Å². The molecule has 2 heterocycles. The van der Waals surface area contributed by atoms with Gasteiger partial charge in [-0.05, 0) is 58.1 Å². The zero-order chi connectivity index (χ0) is 22.9. The number of anilines is 1. The minimum atomic E-state index is -0.583. The third-order valence-electron chi connectivity index (χ3n) is 4.49. The smallest absolute Gasteiger partial charge is 0.410 e. The standard InChI is InChI=1S/C22H32ClN5O3/c1-5-12-24-18-16(15-26-20(23)27-18)10-7-6-8-13-25-19(29)17-11-9-14-28(17)21(30)31-22(2,3)4/h15,17H,5-6,8-9,11-14H2,1-4H3,(H,25,29)(H,24,26,27)/t17-/m0/s1. The lowest BCUT2D eigenvalue weighted by Crippen LogP contribution is -2.47. The quantitative estimate of drug-likeness (QED) is 0.375. The van der Waals surface area contributed by atoms with Gasteiger partial charge in [0.15, 0.2) is 0 Å². The van der Waals surface area contributed by atoms with Crippen molar-refractivity contribution in [2.45, 2.75) is 71.4 Å². The van der Waals surface area contributed by atoms with Gasteiger partial charge in [-0.15, -0.1) is 0 Å². The zero-order valence-corrected chi connectivity index (χ0v) is 19.5. The first-order chi connectivity index (χ1) is 14.7. The highest BCUT2D eigenvalue weighted by molar-refractivity contribution is 6.28. The maximum absolute atomic E-state index is 12.5. The summed E-state index contributed by atoms with van der Waals surface area (Å²) < 4.78 is 5.41. The Labute approximate surface area is 189 Å². The van der Waals surface area contributed by atoms with Crippen molar-refractivity contribution in [3.05, 3.63) is 17.0 Å². The van der Waals surface area contributed by atoms with Gasteiger partial charge < -0.3 is 15.4 Å². The van der Waals surface area contributed by atoms with Crippen molar-refractivity contribution in [3.63, 3.8) is 0 Å². The summed E-state index contributed by atoms with van der Waals surface area (Å²) in [4.78, 5) is 34.5. The third kappa shape index (κ3) is 8.25. The van der Waals surface area contributed by atoms with Gasteiger partial charge in [-0.3, -0.25) is 9.69 Å². The average Bonchev–Trinajstić information content (AvgIpc) is 3.19. The van der Waals surface area contributed by atoms with Gasteiger partial charge in [-0.1, -0.05) is 18.8 Å². The monoisotopic (exact) mass is 449 g/mol. The molecule has 170 valence electrons. The number of amides is 2. The Balaban J connectivity index is 1.80. The van der Waals surface area contributed by atoms with Gasteiger partial charge in [0.1, 0.15) is 17.5 Å². The molecule has 2 amide bonds. The Hall–Kier alpha value is -2.53. The number of rotatable bonds is 7. The topological polar surface area (TPSA) is 96.5 Å². The van der Waals surface area contributed by atoms with Gasteiger partial charge in [0.2, 0.25) is 11.2 Å². The molecule has 0 saturated carbocycles. The van der Waals surface area contributed by atoms with E-state index in [0.717, 1.165) is 19.4 Å². The van der Waals surface area contributed by atoms with Crippen molar-refractivity contribution in [3.8, 4) is 11.8 Å². The van der Waals surface area contributed by atoms with E-state index in [1.54, 1.807) is 6.20 Å². The molecule has 31 heavy (non-hydrogen) atoms. The maximum atomic E-state index is 12.5. The van der Waals surface area contributed by atoms with Crippen LogP contribution in [0.4, 0.5) is 10.6 Å². The molecule has 1 aromatic heterocycles. The number of ether oxygens (including phenoxy) is 1. The van der Waals surface area contributed by atoms with Crippen LogP contribution in [-0.2, 0) is 9.53 Å². The van der Waals surface area contributed by atoms with Crippen molar-refractivity contribution < 1.29 is 14.3 Å². The molecule has 0 aromatic carbocycles. The van der Waals surface area contributed by atoms with Crippen LogP contribution in [0.1, 0.15) is 65.4 Å². The first kappa shape index (κ1) is 24.7. The lowest BCUT2D eigenvalue weighted by molar-refractivity contribution is -0.125. The number of hydrogen-bond acceptors (Lipinski definition) is 6. The highest BCUT2D eigenvalue weighted by Gasteiger charge is 2.36. The Morgan fingerprint density at radius 2 is 2.13 bits per heavy atom. The predicted molar refractivity (Wildman–Crippen MR) is 121 cm³/mol. The molecule has 1 aliphatic rings. The lowest BCUT2D eigenvalue weighted by Gasteiger charge is -2.28. The molecular formula is C22H32ClN5O3. The summed E-state index contributed by atoms with van der Waals surface area (Å²) in [7, 11) is 0. The van der Waals surface area contributed by atoms with E-state index in [0.29, 0.717) is 43.7 Å². The fraction of sp³-hybridized carbons (Fsp3) is 0.636. The van der Waals surface area contributed by atoms with E-state index in [9.17, 15) is 9.59 Å². The van der Waals surface area contributed by atoms with Gasteiger partial charge in [-0.25, -0.2) is 9.78 Å². The van der Waals surface area contributed by atoms with Crippen molar-refractivity contribution in [2.24, 2.45) is 0 Å². The molecule has 8 nitrogen and oxygen atoms in total. The van der Waals surface area contributed by atoms with Crippen molar-refractivity contribution in [1.82, 2.24) is 20.2 Å². The third-order valence-corrected chi connectivity index (χ3v) is 4.67. The molecule has 1 saturated heterocycles. The molecule has 1 atom stereocenters. The van der Waals surface area contributed by atoms with E-state index in [1.807, 2.05) is 20.8 Å². The van der Waals surface area contributed by atoms with E-state index in [2.05, 4.69) is 39.4 Å². The molecule has 0 aliphatic carbocycles. The molecule has 0 bridgehead atoms. The van der Waals surface area contributed by atoms with Gasteiger partial charge in [0, 0.05) is 32.3 Å². The fourth-order valence-electron chi connectivity index (χ4n) is 3.07. The second-order valence-electron chi connectivity index (χ2n) is 8.36. The van der Waals surface area contributed by atoms with Crippen LogP contribution in [0.2, 0.25) is 5.28 Å². The second-order valence-corrected chi connectivity index (χ2v) is 8.69. The van der Waals surface area contributed by atoms with Crippen molar-refractivity contribution >= 4 is 29.4 Å². The molecular weight excluding hydrogens is 418 g/mol. The average molecular weight is 450 g/mol. The lowest BCUT2D eigenvalue weighted by atomic mass is 10.2. The van der Waals surface area contributed by atoms with Crippen molar-refractivity contribution in [1.29, 1.82) is 0 Å². The van der Waals surface area contributed by atoms with Crippen LogP contribution in [0.5, 0.6) is 0 Å². The number of carbonyl (C=O) groups excluding carboxylic acids is 2. The minimum absolute atomic E-state index is 0.145. The number of hydrogen-bond donors (Lipinski definition) is 2. The second kappa shape index (κ2) is 11.8. The normalized spacial score (nSPS) is 15.8. The highest BCUT2D eigenvalue weighted by atomic mass is 35.5. The van der Waals surface area contributed by atoms with Gasteiger partial charge in [-0.2, -0.15) is 4.98 Å². The highest BCUT2D eigenvalue weighted by Crippen LogP contribution is 2.21. The Kier molecular flexibility index (Phi) is 9.38. The number of unbranched alkanes of at least 4 members (excludes halogenated alkanes) is 1. The maximum Gasteiger partial charge on any atom is 0.410 e. The molecule has 2 rings (SSSR count). The summed E-state index contributed by atoms with van der Waals surface area (Å²) in [5, 5.41) is 6.28.